The third-order valence-corrected chi connectivity index (χ3v) is 4.08. The van der Waals surface area contributed by atoms with Gasteiger partial charge in [-0.2, -0.15) is 5.26 Å². The lowest BCUT2D eigenvalue weighted by Crippen LogP contribution is -2.46. The minimum absolute atomic E-state index is 0.112. The molecule has 1 saturated heterocycles. The summed E-state index contributed by atoms with van der Waals surface area (Å²) in [7, 11) is 0. The SMILES string of the molecule is CCN(/[N+]([O-])=N\OC1CCN(c2ccc(C#N)cn2)C(=O)C1)C(C)(C)C. The van der Waals surface area contributed by atoms with Crippen molar-refractivity contribution in [1.29, 1.82) is 5.26 Å². The van der Waals surface area contributed by atoms with Gasteiger partial charge in [-0.15, -0.1) is 5.01 Å². The molecule has 0 bridgehead atoms. The number of anilines is 1. The van der Waals surface area contributed by atoms with E-state index in [0.717, 1.165) is 0 Å². The Bertz CT molecular complexity index is 705. The van der Waals surface area contributed by atoms with E-state index in [1.54, 1.807) is 17.0 Å². The van der Waals surface area contributed by atoms with Gasteiger partial charge in [0.2, 0.25) is 11.2 Å². The summed E-state index contributed by atoms with van der Waals surface area (Å²) in [6.07, 6.45) is 1.63. The second kappa shape index (κ2) is 7.99. The van der Waals surface area contributed by atoms with Gasteiger partial charge in [0.25, 0.3) is 0 Å². The molecule has 2 rings (SSSR count). The Morgan fingerprint density at radius 3 is 2.77 bits per heavy atom. The fourth-order valence-corrected chi connectivity index (χ4v) is 2.75. The van der Waals surface area contributed by atoms with Crippen LogP contribution in [0.4, 0.5) is 5.82 Å². The highest BCUT2D eigenvalue weighted by atomic mass is 16.7. The van der Waals surface area contributed by atoms with E-state index in [4.69, 9.17) is 10.1 Å². The van der Waals surface area contributed by atoms with Crippen molar-refractivity contribution in [2.24, 2.45) is 5.28 Å². The molecule has 9 heteroatoms. The van der Waals surface area contributed by atoms with Crippen LogP contribution >= 0.6 is 0 Å². The fourth-order valence-electron chi connectivity index (χ4n) is 2.75. The zero-order valence-corrected chi connectivity index (χ0v) is 15.5. The molecule has 0 aliphatic carbocycles. The normalized spacial score (nSPS) is 18.4. The van der Waals surface area contributed by atoms with Gasteiger partial charge in [0.05, 0.1) is 29.0 Å². The van der Waals surface area contributed by atoms with Crippen molar-refractivity contribution in [3.8, 4) is 6.07 Å². The van der Waals surface area contributed by atoms with E-state index in [1.807, 2.05) is 33.8 Å². The molecule has 1 amide bonds. The van der Waals surface area contributed by atoms with Crippen molar-refractivity contribution in [1.82, 2.24) is 9.99 Å². The molecular weight excluding hydrogens is 336 g/mol. The molecule has 0 aromatic carbocycles. The Balaban J connectivity index is 1.97. The molecule has 1 aliphatic rings. The van der Waals surface area contributed by atoms with Crippen molar-refractivity contribution < 1.29 is 14.6 Å². The molecule has 1 atom stereocenters. The van der Waals surface area contributed by atoms with Crippen LogP contribution < -0.4 is 4.90 Å². The van der Waals surface area contributed by atoms with Crippen LogP contribution in [0.2, 0.25) is 0 Å². The van der Waals surface area contributed by atoms with Crippen molar-refractivity contribution in [3.63, 3.8) is 0 Å². The van der Waals surface area contributed by atoms with Gasteiger partial charge in [-0.3, -0.25) is 9.69 Å². The molecule has 1 aromatic rings. The summed E-state index contributed by atoms with van der Waals surface area (Å²) in [5, 5.41) is 26.1. The Morgan fingerprint density at radius 1 is 1.54 bits per heavy atom. The van der Waals surface area contributed by atoms with Gasteiger partial charge in [0, 0.05) is 19.2 Å². The molecule has 140 valence electrons. The number of aromatic nitrogens is 1. The van der Waals surface area contributed by atoms with Crippen molar-refractivity contribution >= 4 is 11.7 Å². The van der Waals surface area contributed by atoms with Gasteiger partial charge < -0.3 is 10.0 Å². The number of amides is 1. The minimum atomic E-state index is -0.452. The van der Waals surface area contributed by atoms with Crippen LogP contribution in [0.5, 0.6) is 0 Å². The summed E-state index contributed by atoms with van der Waals surface area (Å²) in [4.78, 5) is 23.8. The van der Waals surface area contributed by atoms with E-state index < -0.39 is 6.10 Å². The van der Waals surface area contributed by atoms with E-state index in [9.17, 15) is 10.0 Å². The lowest BCUT2D eigenvalue weighted by Gasteiger charge is -2.30. The number of piperidine rings is 1. The van der Waals surface area contributed by atoms with E-state index in [0.29, 0.717) is 35.9 Å². The maximum Gasteiger partial charge on any atom is 0.233 e. The average Bonchev–Trinajstić information content (AvgIpc) is 2.59. The molecular formula is C17H24N6O3. The predicted octanol–water partition coefficient (Wildman–Crippen LogP) is 2.38. The fraction of sp³-hybridized carbons (Fsp3) is 0.588. The van der Waals surface area contributed by atoms with Crippen LogP contribution in [0.15, 0.2) is 23.6 Å². The first-order valence-electron chi connectivity index (χ1n) is 8.54. The van der Waals surface area contributed by atoms with E-state index in [-0.39, 0.29) is 17.9 Å². The molecule has 1 fully saturated rings. The summed E-state index contributed by atoms with van der Waals surface area (Å²) in [5.41, 5.74) is 0.0529. The Kier molecular flexibility index (Phi) is 5.97. The molecule has 0 N–H and O–H groups in total. The van der Waals surface area contributed by atoms with E-state index in [2.05, 4.69) is 10.3 Å². The highest BCUT2D eigenvalue weighted by molar-refractivity contribution is 5.93. The predicted molar refractivity (Wildman–Crippen MR) is 93.6 cm³/mol. The third kappa shape index (κ3) is 4.59. The zero-order chi connectivity index (χ0) is 19.3. The number of nitriles is 1. The second-order valence-corrected chi connectivity index (χ2v) is 7.00. The molecule has 0 radical (unpaired) electrons. The highest BCUT2D eigenvalue weighted by Crippen LogP contribution is 2.21. The van der Waals surface area contributed by atoms with Crippen LogP contribution in [0, 0.1) is 16.5 Å². The Morgan fingerprint density at radius 2 is 2.27 bits per heavy atom. The smallest absolute Gasteiger partial charge is 0.233 e. The quantitative estimate of drug-likeness (QED) is 0.453. The topological polar surface area (TPSA) is 108 Å². The standard InChI is InChI=1S/C17H24N6O3/c1-5-22(17(2,3)4)23(25)20-26-14-8-9-21(16(24)10-14)15-7-6-13(11-18)12-19-15/h6-7,12,14H,5,8-10H2,1-4H3/b23-20+. The summed E-state index contributed by atoms with van der Waals surface area (Å²) in [6, 6.07) is 5.25. The van der Waals surface area contributed by atoms with Gasteiger partial charge in [-0.1, -0.05) is 0 Å². The number of hydrazine groups is 1. The largest absolute Gasteiger partial charge is 0.569 e. The van der Waals surface area contributed by atoms with Gasteiger partial charge in [0.15, 0.2) is 0 Å². The maximum atomic E-state index is 12.4. The number of hydrogen-bond acceptors (Lipinski definition) is 6. The van der Waals surface area contributed by atoms with Crippen LogP contribution in [0.3, 0.4) is 0 Å². The molecule has 1 aromatic heterocycles. The van der Waals surface area contributed by atoms with Gasteiger partial charge in [0.1, 0.15) is 18.0 Å². The summed E-state index contributed by atoms with van der Waals surface area (Å²) in [5.74, 6) is 0.342. The number of carbonyl (C=O) groups is 1. The molecule has 0 saturated carbocycles. The van der Waals surface area contributed by atoms with Gasteiger partial charge >= 0.3 is 0 Å². The molecule has 0 spiro atoms. The van der Waals surface area contributed by atoms with Crippen LogP contribution in [-0.2, 0) is 9.63 Å². The first-order valence-corrected chi connectivity index (χ1v) is 8.54. The molecule has 9 nitrogen and oxygen atoms in total. The van der Waals surface area contributed by atoms with Gasteiger partial charge in [-0.25, -0.2) is 4.98 Å². The molecule has 1 unspecified atom stereocenters. The Hall–Kier alpha value is -2.89. The highest BCUT2D eigenvalue weighted by Gasteiger charge is 2.31. The lowest BCUT2D eigenvalue weighted by molar-refractivity contribution is -0.725. The molecule has 26 heavy (non-hydrogen) atoms. The first kappa shape index (κ1) is 19.4. The van der Waals surface area contributed by atoms with Crippen LogP contribution in [-0.4, -0.2) is 45.6 Å². The maximum absolute atomic E-state index is 12.4. The van der Waals surface area contributed by atoms with Crippen LogP contribution in [0.1, 0.15) is 46.1 Å². The number of rotatable bonds is 5. The zero-order valence-electron chi connectivity index (χ0n) is 15.5. The third-order valence-electron chi connectivity index (χ3n) is 4.08. The van der Waals surface area contributed by atoms with Crippen LogP contribution in [0.25, 0.3) is 0 Å². The average molecular weight is 360 g/mol. The number of carbonyl (C=O) groups excluding carboxylic acids is 1. The summed E-state index contributed by atoms with van der Waals surface area (Å²) >= 11 is 0. The van der Waals surface area contributed by atoms with Crippen molar-refractivity contribution in [2.75, 3.05) is 18.0 Å². The van der Waals surface area contributed by atoms with Crippen molar-refractivity contribution in [3.05, 3.63) is 29.1 Å². The summed E-state index contributed by atoms with van der Waals surface area (Å²) < 4.78 is 0. The van der Waals surface area contributed by atoms with E-state index >= 15 is 0 Å². The summed E-state index contributed by atoms with van der Waals surface area (Å²) in [6.45, 7) is 8.48. The van der Waals surface area contributed by atoms with Crippen molar-refractivity contribution in [2.45, 2.75) is 52.2 Å². The Labute approximate surface area is 153 Å². The van der Waals surface area contributed by atoms with Gasteiger partial charge in [-0.05, 0) is 39.8 Å². The first-order chi connectivity index (χ1) is 12.3. The van der Waals surface area contributed by atoms with E-state index in [1.165, 1.54) is 11.2 Å². The monoisotopic (exact) mass is 360 g/mol. The molecule has 2 heterocycles. The molecule has 1 aliphatic heterocycles. The number of pyridine rings is 1. The second-order valence-electron chi connectivity index (χ2n) is 7.00. The lowest BCUT2D eigenvalue weighted by atomic mass is 10.1. The minimum Gasteiger partial charge on any atom is -0.569 e. The number of hydrogen-bond donors (Lipinski definition) is 0. The number of nitrogens with zero attached hydrogens (tertiary/aromatic N) is 6.